The van der Waals surface area contributed by atoms with Crippen molar-refractivity contribution in [2.24, 2.45) is 0 Å². The summed E-state index contributed by atoms with van der Waals surface area (Å²) >= 11 is 0. The lowest BCUT2D eigenvalue weighted by Gasteiger charge is -2.12. The van der Waals surface area contributed by atoms with Gasteiger partial charge in [-0.1, -0.05) is 0 Å². The highest BCUT2D eigenvalue weighted by atomic mass is 14.9. The van der Waals surface area contributed by atoms with E-state index < -0.39 is 0 Å². The van der Waals surface area contributed by atoms with E-state index in [1.807, 2.05) is 18.2 Å². The highest BCUT2D eigenvalue weighted by Crippen LogP contribution is 2.18. The lowest BCUT2D eigenvalue weighted by atomic mass is 10.1. The van der Waals surface area contributed by atoms with E-state index in [2.05, 4.69) is 26.1 Å². The first kappa shape index (κ1) is 8.91. The number of anilines is 2. The van der Waals surface area contributed by atoms with Crippen molar-refractivity contribution in [1.82, 2.24) is 0 Å². The number of benzene rings is 1. The molecule has 0 spiro atoms. The molecule has 0 aliphatic rings. The Labute approximate surface area is 73.8 Å². The van der Waals surface area contributed by atoms with Crippen molar-refractivity contribution in [1.29, 1.82) is 0 Å². The van der Waals surface area contributed by atoms with Gasteiger partial charge in [-0.05, 0) is 44.5 Å². The van der Waals surface area contributed by atoms with Gasteiger partial charge in [0.15, 0.2) is 0 Å². The Bertz CT molecular complexity index is 267. The summed E-state index contributed by atoms with van der Waals surface area (Å²) in [4.78, 5) is 0. The van der Waals surface area contributed by atoms with Gasteiger partial charge in [-0.2, -0.15) is 0 Å². The summed E-state index contributed by atoms with van der Waals surface area (Å²) in [5.41, 5.74) is 8.82. The van der Waals surface area contributed by atoms with Crippen LogP contribution in [-0.4, -0.2) is 6.04 Å². The summed E-state index contributed by atoms with van der Waals surface area (Å²) in [6, 6.07) is 6.37. The zero-order valence-corrected chi connectivity index (χ0v) is 7.89. The predicted octanol–water partition coefficient (Wildman–Crippen LogP) is 2.40. The fourth-order valence-electron chi connectivity index (χ4n) is 1.16. The summed E-state index contributed by atoms with van der Waals surface area (Å²) in [7, 11) is 0. The Hall–Kier alpha value is -1.18. The van der Waals surface area contributed by atoms with E-state index in [0.717, 1.165) is 5.69 Å². The molecule has 0 bridgehead atoms. The van der Waals surface area contributed by atoms with Gasteiger partial charge in [0, 0.05) is 17.4 Å². The average Bonchev–Trinajstić information content (AvgIpc) is 1.94. The molecule has 0 aliphatic carbocycles. The van der Waals surface area contributed by atoms with E-state index in [1.54, 1.807) is 0 Å². The third-order valence-electron chi connectivity index (χ3n) is 1.69. The number of nitrogens with two attached hydrogens (primary N) is 1. The van der Waals surface area contributed by atoms with Crippen LogP contribution in [0.1, 0.15) is 19.4 Å². The maximum Gasteiger partial charge on any atom is 0.0373 e. The maximum absolute atomic E-state index is 5.63. The molecule has 1 aromatic carbocycles. The summed E-state index contributed by atoms with van der Waals surface area (Å²) in [6.07, 6.45) is 0. The molecular formula is C10H16N2. The molecule has 0 fully saturated rings. The number of hydrogen-bond acceptors (Lipinski definition) is 2. The SMILES string of the molecule is Cc1cc(N)ccc1NC(C)C. The van der Waals surface area contributed by atoms with Crippen molar-refractivity contribution in [3.8, 4) is 0 Å². The second-order valence-corrected chi connectivity index (χ2v) is 3.37. The molecule has 0 saturated carbocycles. The van der Waals surface area contributed by atoms with E-state index in [9.17, 15) is 0 Å². The lowest BCUT2D eigenvalue weighted by molar-refractivity contribution is 0.897. The van der Waals surface area contributed by atoms with Crippen LogP contribution in [0, 0.1) is 6.92 Å². The molecule has 0 aromatic heterocycles. The van der Waals surface area contributed by atoms with Crippen molar-refractivity contribution in [2.75, 3.05) is 11.1 Å². The summed E-state index contributed by atoms with van der Waals surface area (Å²) in [5.74, 6) is 0. The van der Waals surface area contributed by atoms with E-state index in [0.29, 0.717) is 6.04 Å². The zero-order chi connectivity index (χ0) is 9.14. The van der Waals surface area contributed by atoms with Crippen LogP contribution in [0.4, 0.5) is 11.4 Å². The largest absolute Gasteiger partial charge is 0.399 e. The molecule has 2 nitrogen and oxygen atoms in total. The molecule has 12 heavy (non-hydrogen) atoms. The molecule has 0 saturated heterocycles. The van der Waals surface area contributed by atoms with Crippen LogP contribution in [0.25, 0.3) is 0 Å². The van der Waals surface area contributed by atoms with Crippen molar-refractivity contribution in [2.45, 2.75) is 26.8 Å². The number of nitrogen functional groups attached to an aromatic ring is 1. The van der Waals surface area contributed by atoms with Crippen LogP contribution >= 0.6 is 0 Å². The highest BCUT2D eigenvalue weighted by molar-refractivity contribution is 5.57. The number of aryl methyl sites for hydroxylation is 1. The highest BCUT2D eigenvalue weighted by Gasteiger charge is 1.98. The second kappa shape index (κ2) is 3.48. The minimum atomic E-state index is 0.465. The van der Waals surface area contributed by atoms with Crippen LogP contribution in [0.5, 0.6) is 0 Å². The van der Waals surface area contributed by atoms with Gasteiger partial charge in [-0.15, -0.1) is 0 Å². The van der Waals surface area contributed by atoms with Crippen molar-refractivity contribution < 1.29 is 0 Å². The number of nitrogens with one attached hydrogen (secondary N) is 1. The topological polar surface area (TPSA) is 38.0 Å². The molecule has 0 unspecified atom stereocenters. The molecule has 0 heterocycles. The summed E-state index contributed by atoms with van der Waals surface area (Å²) in [5, 5.41) is 3.34. The molecule has 1 aromatic rings. The molecule has 0 radical (unpaired) electrons. The lowest BCUT2D eigenvalue weighted by Crippen LogP contribution is -2.10. The van der Waals surface area contributed by atoms with E-state index in [1.165, 1.54) is 11.3 Å². The van der Waals surface area contributed by atoms with Gasteiger partial charge >= 0.3 is 0 Å². The van der Waals surface area contributed by atoms with Crippen molar-refractivity contribution in [3.05, 3.63) is 23.8 Å². The van der Waals surface area contributed by atoms with Crippen LogP contribution in [0.15, 0.2) is 18.2 Å². The van der Waals surface area contributed by atoms with Crippen molar-refractivity contribution in [3.63, 3.8) is 0 Å². The molecule has 0 aliphatic heterocycles. The molecule has 66 valence electrons. The van der Waals surface area contributed by atoms with Gasteiger partial charge in [-0.25, -0.2) is 0 Å². The van der Waals surface area contributed by atoms with Crippen LogP contribution in [-0.2, 0) is 0 Å². The molecular weight excluding hydrogens is 148 g/mol. The van der Waals surface area contributed by atoms with Gasteiger partial charge in [0.2, 0.25) is 0 Å². The summed E-state index contributed by atoms with van der Waals surface area (Å²) in [6.45, 7) is 6.30. The predicted molar refractivity (Wildman–Crippen MR) is 54.4 cm³/mol. The molecule has 0 amide bonds. The van der Waals surface area contributed by atoms with E-state index in [-0.39, 0.29) is 0 Å². The Kier molecular flexibility index (Phi) is 2.58. The first-order valence-corrected chi connectivity index (χ1v) is 4.22. The Morgan fingerprint density at radius 3 is 2.50 bits per heavy atom. The number of hydrogen-bond donors (Lipinski definition) is 2. The van der Waals surface area contributed by atoms with Gasteiger partial charge in [0.1, 0.15) is 0 Å². The standard InChI is InChI=1S/C10H16N2/c1-7(2)12-10-5-4-9(11)6-8(10)3/h4-7,12H,11H2,1-3H3. The quantitative estimate of drug-likeness (QED) is 0.659. The van der Waals surface area contributed by atoms with Gasteiger partial charge in [-0.3, -0.25) is 0 Å². The third-order valence-corrected chi connectivity index (χ3v) is 1.69. The molecule has 2 heteroatoms. The maximum atomic E-state index is 5.63. The van der Waals surface area contributed by atoms with Crippen LogP contribution in [0.2, 0.25) is 0 Å². The number of rotatable bonds is 2. The van der Waals surface area contributed by atoms with Gasteiger partial charge < -0.3 is 11.1 Å². The smallest absolute Gasteiger partial charge is 0.0373 e. The monoisotopic (exact) mass is 164 g/mol. The first-order chi connectivity index (χ1) is 5.59. The third kappa shape index (κ3) is 2.16. The minimum Gasteiger partial charge on any atom is -0.399 e. The molecule has 1 rings (SSSR count). The Balaban J connectivity index is 2.86. The van der Waals surface area contributed by atoms with Crippen molar-refractivity contribution >= 4 is 11.4 Å². The zero-order valence-electron chi connectivity index (χ0n) is 7.89. The van der Waals surface area contributed by atoms with Gasteiger partial charge in [0.05, 0.1) is 0 Å². The van der Waals surface area contributed by atoms with Gasteiger partial charge in [0.25, 0.3) is 0 Å². The average molecular weight is 164 g/mol. The summed E-state index contributed by atoms with van der Waals surface area (Å²) < 4.78 is 0. The Morgan fingerprint density at radius 1 is 1.33 bits per heavy atom. The minimum absolute atomic E-state index is 0.465. The normalized spacial score (nSPS) is 10.3. The molecule has 3 N–H and O–H groups in total. The van der Waals surface area contributed by atoms with E-state index in [4.69, 9.17) is 5.73 Å². The fraction of sp³-hybridized carbons (Fsp3) is 0.400. The second-order valence-electron chi connectivity index (χ2n) is 3.37. The Morgan fingerprint density at radius 2 is 2.00 bits per heavy atom. The first-order valence-electron chi connectivity index (χ1n) is 4.22. The van der Waals surface area contributed by atoms with Crippen LogP contribution in [0.3, 0.4) is 0 Å². The fourth-order valence-corrected chi connectivity index (χ4v) is 1.16. The molecule has 0 atom stereocenters. The van der Waals surface area contributed by atoms with Crippen LogP contribution < -0.4 is 11.1 Å². The van der Waals surface area contributed by atoms with E-state index >= 15 is 0 Å².